The number of benzene rings is 2. The fraction of sp³-hybridized carbons (Fsp3) is 0.136. The van der Waals surface area contributed by atoms with E-state index in [2.05, 4.69) is 6.07 Å². The smallest absolute Gasteiger partial charge is 0.194 e. The number of rotatable bonds is 2. The quantitative estimate of drug-likeness (QED) is 0.621. The minimum absolute atomic E-state index is 0.0780. The van der Waals surface area contributed by atoms with E-state index in [4.69, 9.17) is 40.5 Å². The van der Waals surface area contributed by atoms with E-state index < -0.39 is 11.3 Å². The van der Waals surface area contributed by atoms with Crippen molar-refractivity contribution in [2.24, 2.45) is 11.1 Å². The van der Waals surface area contributed by atoms with Crippen LogP contribution in [0.15, 0.2) is 59.3 Å². The highest BCUT2D eigenvalue weighted by atomic mass is 35.5. The van der Waals surface area contributed by atoms with Crippen LogP contribution in [0.1, 0.15) is 24.0 Å². The molecule has 2 aromatic rings. The molecule has 0 heterocycles. The molecule has 0 aromatic heterocycles. The van der Waals surface area contributed by atoms with Crippen LogP contribution in [-0.2, 0) is 0 Å². The highest BCUT2D eigenvalue weighted by Gasteiger charge is 2.50. The second-order valence-corrected chi connectivity index (χ2v) is 7.88. The second kappa shape index (κ2) is 7.82. The Labute approximate surface area is 183 Å². The number of allylic oxidation sites excluding steroid dienone is 4. The Morgan fingerprint density at radius 2 is 1.62 bits per heavy atom. The van der Waals surface area contributed by atoms with Crippen molar-refractivity contribution in [1.82, 2.24) is 0 Å². The molecule has 29 heavy (non-hydrogen) atoms. The number of hydrogen-bond acceptors (Lipinski definition) is 4. The molecule has 0 saturated heterocycles. The Balaban J connectivity index is 2.44. The molecule has 142 valence electrons. The van der Waals surface area contributed by atoms with Crippen molar-refractivity contribution in [2.45, 2.75) is 12.8 Å². The van der Waals surface area contributed by atoms with Gasteiger partial charge in [0.25, 0.3) is 0 Å². The van der Waals surface area contributed by atoms with Crippen LogP contribution in [0, 0.1) is 39.4 Å². The van der Waals surface area contributed by atoms with Crippen molar-refractivity contribution in [1.29, 1.82) is 15.8 Å². The molecule has 0 bridgehead atoms. The molecule has 2 N–H and O–H groups in total. The van der Waals surface area contributed by atoms with Crippen molar-refractivity contribution < 1.29 is 0 Å². The molecule has 0 radical (unpaired) electrons. The van der Waals surface area contributed by atoms with E-state index in [1.54, 1.807) is 49.4 Å². The van der Waals surface area contributed by atoms with Gasteiger partial charge in [-0.3, -0.25) is 0 Å². The lowest BCUT2D eigenvalue weighted by Crippen LogP contribution is -2.37. The van der Waals surface area contributed by atoms with E-state index in [0.29, 0.717) is 37.3 Å². The van der Waals surface area contributed by atoms with Gasteiger partial charge < -0.3 is 5.73 Å². The van der Waals surface area contributed by atoms with Crippen molar-refractivity contribution in [3.63, 3.8) is 0 Å². The molecule has 1 unspecified atom stereocenters. The Kier molecular flexibility index (Phi) is 5.61. The molecule has 7 heteroatoms. The third-order valence-corrected chi connectivity index (χ3v) is 5.85. The lowest BCUT2D eigenvalue weighted by atomic mass is 9.62. The molecule has 0 spiro atoms. The van der Waals surface area contributed by atoms with Gasteiger partial charge in [0.2, 0.25) is 0 Å². The van der Waals surface area contributed by atoms with Crippen LogP contribution in [0.5, 0.6) is 0 Å². The summed E-state index contributed by atoms with van der Waals surface area (Å²) in [5.74, 6) is -0.798. The predicted molar refractivity (Wildman–Crippen MR) is 114 cm³/mol. The molecule has 1 atom stereocenters. The molecule has 3 rings (SSSR count). The summed E-state index contributed by atoms with van der Waals surface area (Å²) in [6.07, 6.45) is 0. The maximum Gasteiger partial charge on any atom is 0.194 e. The van der Waals surface area contributed by atoms with Crippen molar-refractivity contribution in [3.8, 4) is 18.2 Å². The number of hydrogen-bond donors (Lipinski definition) is 1. The van der Waals surface area contributed by atoms with Gasteiger partial charge in [-0.15, -0.1) is 0 Å². The van der Waals surface area contributed by atoms with Gasteiger partial charge in [-0.2, -0.15) is 15.8 Å². The standard InChI is InChI=1S/C22H13Cl3N4/c1-12-19(13-3-2-4-14(23)7-13)17(9-26)21(29)22(10-27,11-28)20(12)16-6-5-15(24)8-18(16)25/h2-8,20H,29H2,1H3. The topological polar surface area (TPSA) is 97.4 Å². The average molecular weight is 440 g/mol. The normalized spacial score (nSPS) is 18.0. The van der Waals surface area contributed by atoms with Crippen molar-refractivity contribution >= 4 is 40.4 Å². The van der Waals surface area contributed by atoms with Gasteiger partial charge in [0, 0.05) is 26.6 Å². The number of nitrogens with zero attached hydrogens (tertiary/aromatic N) is 3. The van der Waals surface area contributed by atoms with Crippen LogP contribution in [0.4, 0.5) is 0 Å². The fourth-order valence-electron chi connectivity index (χ4n) is 3.76. The van der Waals surface area contributed by atoms with Crippen LogP contribution in [-0.4, -0.2) is 0 Å². The first-order chi connectivity index (χ1) is 13.8. The van der Waals surface area contributed by atoms with Gasteiger partial charge in [0.05, 0.1) is 23.4 Å². The maximum atomic E-state index is 10.0. The van der Waals surface area contributed by atoms with Gasteiger partial charge >= 0.3 is 0 Å². The summed E-state index contributed by atoms with van der Waals surface area (Å²) in [6, 6.07) is 18.0. The first kappa shape index (κ1) is 20.8. The Morgan fingerprint density at radius 3 is 2.17 bits per heavy atom. The van der Waals surface area contributed by atoms with Gasteiger partial charge in [-0.1, -0.05) is 58.6 Å². The van der Waals surface area contributed by atoms with Crippen molar-refractivity contribution in [2.75, 3.05) is 0 Å². The van der Waals surface area contributed by atoms with Crippen LogP contribution < -0.4 is 5.73 Å². The monoisotopic (exact) mass is 438 g/mol. The lowest BCUT2D eigenvalue weighted by molar-refractivity contribution is 0.512. The van der Waals surface area contributed by atoms with Crippen LogP contribution >= 0.6 is 34.8 Å². The zero-order valence-corrected chi connectivity index (χ0v) is 17.4. The maximum absolute atomic E-state index is 10.0. The summed E-state index contributed by atoms with van der Waals surface area (Å²) in [6.45, 7) is 1.76. The van der Waals surface area contributed by atoms with Gasteiger partial charge in [-0.05, 0) is 42.3 Å². The number of nitriles is 3. The van der Waals surface area contributed by atoms with E-state index in [0.717, 1.165) is 0 Å². The number of halogens is 3. The molecular weight excluding hydrogens is 427 g/mol. The molecule has 0 amide bonds. The van der Waals surface area contributed by atoms with E-state index in [1.165, 1.54) is 0 Å². The molecule has 0 fully saturated rings. The predicted octanol–water partition coefficient (Wildman–Crippen LogP) is 5.99. The molecule has 1 aliphatic rings. The summed E-state index contributed by atoms with van der Waals surface area (Å²) in [4.78, 5) is 0. The van der Waals surface area contributed by atoms with Crippen LogP contribution in [0.25, 0.3) is 5.57 Å². The fourth-order valence-corrected chi connectivity index (χ4v) is 4.47. The van der Waals surface area contributed by atoms with Gasteiger partial charge in [0.15, 0.2) is 5.41 Å². The molecule has 4 nitrogen and oxygen atoms in total. The zero-order chi connectivity index (χ0) is 21.3. The first-order valence-corrected chi connectivity index (χ1v) is 9.59. The molecule has 2 aromatic carbocycles. The summed E-state index contributed by atoms with van der Waals surface area (Å²) in [5.41, 5.74) is 6.81. The molecule has 0 saturated carbocycles. The lowest BCUT2D eigenvalue weighted by Gasteiger charge is -2.37. The Morgan fingerprint density at radius 1 is 0.966 bits per heavy atom. The summed E-state index contributed by atoms with van der Waals surface area (Å²) >= 11 is 18.6. The molecule has 1 aliphatic carbocycles. The summed E-state index contributed by atoms with van der Waals surface area (Å²) in [7, 11) is 0. The minimum Gasteiger partial charge on any atom is -0.399 e. The highest BCUT2D eigenvalue weighted by Crippen LogP contribution is 2.54. The average Bonchev–Trinajstić information content (AvgIpc) is 2.69. The third-order valence-electron chi connectivity index (χ3n) is 5.06. The minimum atomic E-state index is -1.80. The number of nitrogens with two attached hydrogens (primary N) is 1. The molecule has 0 aliphatic heterocycles. The van der Waals surface area contributed by atoms with Crippen molar-refractivity contribution in [3.05, 3.63) is 85.5 Å². The second-order valence-electron chi connectivity index (χ2n) is 6.60. The summed E-state index contributed by atoms with van der Waals surface area (Å²) < 4.78 is 0. The highest BCUT2D eigenvalue weighted by molar-refractivity contribution is 6.35. The third kappa shape index (κ3) is 3.25. The van der Waals surface area contributed by atoms with E-state index in [9.17, 15) is 15.8 Å². The SMILES string of the molecule is CC1=C(c2cccc(Cl)c2)C(C#N)=C(N)C(C#N)(C#N)C1c1ccc(Cl)cc1Cl. The zero-order valence-electron chi connectivity index (χ0n) is 15.2. The first-order valence-electron chi connectivity index (χ1n) is 8.45. The Hall–Kier alpha value is -2.94. The van der Waals surface area contributed by atoms with E-state index in [1.807, 2.05) is 12.1 Å². The van der Waals surface area contributed by atoms with E-state index >= 15 is 0 Å². The largest absolute Gasteiger partial charge is 0.399 e. The molecular formula is C22H13Cl3N4. The summed E-state index contributed by atoms with van der Waals surface area (Å²) in [5, 5.41) is 31.1. The van der Waals surface area contributed by atoms with E-state index in [-0.39, 0.29) is 11.3 Å². The van der Waals surface area contributed by atoms with Crippen LogP contribution in [0.3, 0.4) is 0 Å². The Bertz CT molecular complexity index is 1190. The van der Waals surface area contributed by atoms with Crippen LogP contribution in [0.2, 0.25) is 15.1 Å². The van der Waals surface area contributed by atoms with Gasteiger partial charge in [0.1, 0.15) is 6.07 Å². The van der Waals surface area contributed by atoms with Gasteiger partial charge in [-0.25, -0.2) is 0 Å².